The number of carbonyl (C=O) groups excluding carboxylic acids is 1. The molecule has 1 amide bonds. The van der Waals surface area contributed by atoms with E-state index in [0.717, 1.165) is 49.8 Å². The van der Waals surface area contributed by atoms with Gasteiger partial charge < -0.3 is 19.6 Å². The topological polar surface area (TPSA) is 74.9 Å². The van der Waals surface area contributed by atoms with Gasteiger partial charge in [0.2, 0.25) is 0 Å². The van der Waals surface area contributed by atoms with Crippen molar-refractivity contribution in [3.05, 3.63) is 46.0 Å². The fraction of sp³-hybridized carbons (Fsp3) is 0.526. The maximum Gasteiger partial charge on any atom is 0.255 e. The zero-order chi connectivity index (χ0) is 17.9. The van der Waals surface area contributed by atoms with Crippen molar-refractivity contribution in [2.75, 3.05) is 26.3 Å². The summed E-state index contributed by atoms with van der Waals surface area (Å²) in [7, 11) is 0. The van der Waals surface area contributed by atoms with Crippen molar-refractivity contribution in [2.45, 2.75) is 31.5 Å². The molecule has 4 rings (SSSR count). The number of furan rings is 1. The summed E-state index contributed by atoms with van der Waals surface area (Å²) in [5.74, 6) is 0.956. The number of thiophene rings is 1. The van der Waals surface area contributed by atoms with Crippen LogP contribution in [0.3, 0.4) is 0 Å². The predicted octanol–water partition coefficient (Wildman–Crippen LogP) is 2.42. The molecule has 3 heterocycles. The van der Waals surface area contributed by atoms with Gasteiger partial charge in [-0.3, -0.25) is 9.69 Å². The molecule has 1 aliphatic heterocycles. The molecule has 2 aliphatic rings. The summed E-state index contributed by atoms with van der Waals surface area (Å²) in [5, 5.41) is 14.8. The normalized spacial score (nSPS) is 24.8. The molecule has 1 unspecified atom stereocenters. The van der Waals surface area contributed by atoms with Crippen LogP contribution in [0.2, 0.25) is 0 Å². The number of carbonyl (C=O) groups is 1. The molecule has 0 spiro atoms. The molecular formula is C19H24N2O4S. The highest BCUT2D eigenvalue weighted by Gasteiger charge is 2.36. The van der Waals surface area contributed by atoms with Crippen molar-refractivity contribution in [2.24, 2.45) is 5.92 Å². The molecule has 26 heavy (non-hydrogen) atoms. The quantitative estimate of drug-likeness (QED) is 0.810. The number of aliphatic hydroxyl groups is 1. The summed E-state index contributed by atoms with van der Waals surface area (Å²) in [6, 6.07) is 5.81. The van der Waals surface area contributed by atoms with Crippen LogP contribution >= 0.6 is 11.3 Å². The van der Waals surface area contributed by atoms with Gasteiger partial charge in [-0.2, -0.15) is 0 Å². The van der Waals surface area contributed by atoms with Crippen LogP contribution in [0.25, 0.3) is 0 Å². The molecule has 2 N–H and O–H groups in total. The van der Waals surface area contributed by atoms with Crippen LogP contribution in [0.15, 0.2) is 34.3 Å². The van der Waals surface area contributed by atoms with Crippen LogP contribution < -0.4 is 5.32 Å². The number of nitrogens with zero attached hydrogens (tertiary/aromatic N) is 1. The van der Waals surface area contributed by atoms with E-state index in [4.69, 9.17) is 9.15 Å². The Bertz CT molecular complexity index is 718. The van der Waals surface area contributed by atoms with Crippen LogP contribution in [0.4, 0.5) is 0 Å². The smallest absolute Gasteiger partial charge is 0.255 e. The van der Waals surface area contributed by atoms with E-state index in [1.807, 2.05) is 23.6 Å². The molecular weight excluding hydrogens is 352 g/mol. The van der Waals surface area contributed by atoms with Gasteiger partial charge in [-0.15, -0.1) is 11.3 Å². The number of ether oxygens (including phenoxy) is 1. The Balaban J connectivity index is 1.40. The van der Waals surface area contributed by atoms with Crippen LogP contribution in [0.5, 0.6) is 0 Å². The SMILES string of the molecule is O=C(NC(c1cccs1)C1CC(O)C1)c1coc(CN2CCOCC2)c1. The van der Waals surface area contributed by atoms with E-state index in [1.165, 1.54) is 6.26 Å². The standard InChI is InChI=1S/C19H24N2O4S/c22-15-8-13(9-15)18(17-2-1-7-26-17)20-19(23)14-10-16(25-12-14)11-21-3-5-24-6-4-21/h1-2,7,10,12-13,15,18,22H,3-6,8-9,11H2,(H,20,23). The molecule has 1 saturated carbocycles. The fourth-order valence-electron chi connectivity index (χ4n) is 3.58. The van der Waals surface area contributed by atoms with Crippen molar-refractivity contribution >= 4 is 17.2 Å². The van der Waals surface area contributed by atoms with Crippen LogP contribution in [0, 0.1) is 5.92 Å². The van der Waals surface area contributed by atoms with Gasteiger partial charge in [-0.05, 0) is 36.3 Å². The van der Waals surface area contributed by atoms with Gasteiger partial charge in [0.1, 0.15) is 12.0 Å². The highest BCUT2D eigenvalue weighted by atomic mass is 32.1. The molecule has 2 fully saturated rings. The first-order chi connectivity index (χ1) is 12.7. The number of hydrogen-bond acceptors (Lipinski definition) is 6. The van der Waals surface area contributed by atoms with Gasteiger partial charge in [0.25, 0.3) is 5.91 Å². The maximum atomic E-state index is 12.7. The average molecular weight is 376 g/mol. The highest BCUT2D eigenvalue weighted by Crippen LogP contribution is 2.39. The van der Waals surface area contributed by atoms with Gasteiger partial charge in [0, 0.05) is 18.0 Å². The van der Waals surface area contributed by atoms with Gasteiger partial charge in [0.05, 0.1) is 37.5 Å². The molecule has 140 valence electrons. The number of rotatable bonds is 6. The lowest BCUT2D eigenvalue weighted by Gasteiger charge is -2.37. The molecule has 0 bridgehead atoms. The minimum absolute atomic E-state index is 0.0523. The van der Waals surface area contributed by atoms with Crippen molar-refractivity contribution in [3.63, 3.8) is 0 Å². The Kier molecular flexibility index (Phi) is 5.40. The summed E-state index contributed by atoms with van der Waals surface area (Å²) in [6.07, 6.45) is 2.76. The predicted molar refractivity (Wildman–Crippen MR) is 98.1 cm³/mol. The summed E-state index contributed by atoms with van der Waals surface area (Å²) >= 11 is 1.64. The van der Waals surface area contributed by atoms with Gasteiger partial charge in [0.15, 0.2) is 0 Å². The Morgan fingerprint density at radius 2 is 2.19 bits per heavy atom. The molecule has 6 nitrogen and oxygen atoms in total. The number of amides is 1. The second-order valence-corrected chi connectivity index (χ2v) is 8.02. The summed E-state index contributed by atoms with van der Waals surface area (Å²) in [6.45, 7) is 3.94. The lowest BCUT2D eigenvalue weighted by molar-refractivity contribution is 0.0241. The van der Waals surface area contributed by atoms with E-state index in [1.54, 1.807) is 11.3 Å². The zero-order valence-electron chi connectivity index (χ0n) is 14.6. The van der Waals surface area contributed by atoms with Gasteiger partial charge in [-0.1, -0.05) is 6.07 Å². The Morgan fingerprint density at radius 3 is 2.88 bits per heavy atom. The first-order valence-corrected chi connectivity index (χ1v) is 9.97. The first kappa shape index (κ1) is 17.7. The van der Waals surface area contributed by atoms with Crippen molar-refractivity contribution in [3.8, 4) is 0 Å². The Morgan fingerprint density at radius 1 is 1.38 bits per heavy atom. The summed E-state index contributed by atoms with van der Waals surface area (Å²) < 4.78 is 11.0. The van der Waals surface area contributed by atoms with E-state index < -0.39 is 0 Å². The molecule has 2 aromatic heterocycles. The molecule has 1 saturated heterocycles. The lowest BCUT2D eigenvalue weighted by atomic mass is 9.76. The van der Waals surface area contributed by atoms with E-state index in [0.29, 0.717) is 12.1 Å². The molecule has 2 aromatic rings. The van der Waals surface area contributed by atoms with E-state index >= 15 is 0 Å². The van der Waals surface area contributed by atoms with Gasteiger partial charge in [-0.25, -0.2) is 0 Å². The third-order valence-corrected chi connectivity index (χ3v) is 6.11. The summed E-state index contributed by atoms with van der Waals surface area (Å²) in [4.78, 5) is 16.1. The van der Waals surface area contributed by atoms with Crippen molar-refractivity contribution in [1.82, 2.24) is 10.2 Å². The number of aliphatic hydroxyl groups excluding tert-OH is 1. The van der Waals surface area contributed by atoms with Crippen molar-refractivity contribution in [1.29, 1.82) is 0 Å². The molecule has 0 aromatic carbocycles. The molecule has 7 heteroatoms. The fourth-order valence-corrected chi connectivity index (χ4v) is 4.45. The van der Waals surface area contributed by atoms with E-state index in [2.05, 4.69) is 10.2 Å². The lowest BCUT2D eigenvalue weighted by Crippen LogP contribution is -2.41. The number of hydrogen-bond donors (Lipinski definition) is 2. The van der Waals surface area contributed by atoms with Crippen LogP contribution in [-0.4, -0.2) is 48.3 Å². The average Bonchev–Trinajstić information content (AvgIpc) is 3.30. The second kappa shape index (κ2) is 7.92. The minimum atomic E-state index is -0.242. The van der Waals surface area contributed by atoms with Crippen LogP contribution in [0.1, 0.15) is 39.9 Å². The molecule has 1 aliphatic carbocycles. The Labute approximate surface area is 156 Å². The maximum absolute atomic E-state index is 12.7. The number of morpholine rings is 1. The molecule has 0 radical (unpaired) electrons. The van der Waals surface area contributed by atoms with E-state index in [9.17, 15) is 9.90 Å². The van der Waals surface area contributed by atoms with Crippen molar-refractivity contribution < 1.29 is 19.1 Å². The monoisotopic (exact) mass is 376 g/mol. The first-order valence-electron chi connectivity index (χ1n) is 9.09. The second-order valence-electron chi connectivity index (χ2n) is 7.04. The third kappa shape index (κ3) is 4.01. The summed E-state index contributed by atoms with van der Waals surface area (Å²) in [5.41, 5.74) is 0.551. The largest absolute Gasteiger partial charge is 0.467 e. The molecule has 1 atom stereocenters. The van der Waals surface area contributed by atoms with Crippen LogP contribution in [-0.2, 0) is 11.3 Å². The number of nitrogens with one attached hydrogen (secondary N) is 1. The third-order valence-electron chi connectivity index (χ3n) is 5.16. The zero-order valence-corrected chi connectivity index (χ0v) is 15.4. The van der Waals surface area contributed by atoms with E-state index in [-0.39, 0.29) is 24.0 Å². The van der Waals surface area contributed by atoms with Gasteiger partial charge >= 0.3 is 0 Å². The highest BCUT2D eigenvalue weighted by molar-refractivity contribution is 7.10. The minimum Gasteiger partial charge on any atom is -0.467 e. The Hall–Kier alpha value is -1.67.